The van der Waals surface area contributed by atoms with E-state index < -0.39 is 0 Å². The standard InChI is InChI=1S/C17H24N4O/c1-12-5-6-15-14(9-18-21(15)10-12)16(22)19-13-7-8-20(11-13)17(2,3)4/h5-6,9-10,13H,7-8,11H2,1-4H3,(H,19,22). The molecule has 2 aromatic heterocycles. The van der Waals surface area contributed by atoms with E-state index in [9.17, 15) is 4.79 Å². The van der Waals surface area contributed by atoms with Crippen LogP contribution in [0.2, 0.25) is 0 Å². The third-order valence-corrected chi connectivity index (χ3v) is 4.38. The van der Waals surface area contributed by atoms with E-state index in [-0.39, 0.29) is 17.5 Å². The molecule has 1 amide bonds. The van der Waals surface area contributed by atoms with Gasteiger partial charge in [-0.25, -0.2) is 4.52 Å². The van der Waals surface area contributed by atoms with Crippen molar-refractivity contribution < 1.29 is 4.79 Å². The average Bonchev–Trinajstić information content (AvgIpc) is 3.03. The number of aryl methyl sites for hydroxylation is 1. The molecule has 2 aromatic rings. The monoisotopic (exact) mass is 300 g/mol. The summed E-state index contributed by atoms with van der Waals surface area (Å²) in [6, 6.07) is 4.17. The molecule has 1 N–H and O–H groups in total. The first-order valence-corrected chi connectivity index (χ1v) is 7.84. The molecule has 0 radical (unpaired) electrons. The molecule has 5 heteroatoms. The summed E-state index contributed by atoms with van der Waals surface area (Å²) in [6.45, 7) is 10.6. The second-order valence-electron chi connectivity index (χ2n) is 7.17. The van der Waals surface area contributed by atoms with Crippen LogP contribution in [0.1, 0.15) is 43.1 Å². The zero-order chi connectivity index (χ0) is 15.9. The van der Waals surface area contributed by atoms with Crippen molar-refractivity contribution >= 4 is 11.4 Å². The molecule has 1 aliphatic rings. The maximum atomic E-state index is 12.5. The van der Waals surface area contributed by atoms with Gasteiger partial charge in [0.15, 0.2) is 0 Å². The quantitative estimate of drug-likeness (QED) is 0.925. The Labute approximate surface area is 131 Å². The average molecular weight is 300 g/mol. The molecule has 3 heterocycles. The van der Waals surface area contributed by atoms with Crippen LogP contribution >= 0.6 is 0 Å². The van der Waals surface area contributed by atoms with E-state index in [1.165, 1.54) is 0 Å². The van der Waals surface area contributed by atoms with E-state index in [1.807, 2.05) is 25.3 Å². The van der Waals surface area contributed by atoms with Crippen molar-refractivity contribution in [1.29, 1.82) is 0 Å². The summed E-state index contributed by atoms with van der Waals surface area (Å²) in [4.78, 5) is 14.9. The molecule has 1 saturated heterocycles. The number of hydrogen-bond donors (Lipinski definition) is 1. The summed E-state index contributed by atoms with van der Waals surface area (Å²) in [7, 11) is 0. The highest BCUT2D eigenvalue weighted by Gasteiger charge is 2.31. The normalized spacial score (nSPS) is 19.7. The smallest absolute Gasteiger partial charge is 0.255 e. The Hall–Kier alpha value is -1.88. The summed E-state index contributed by atoms with van der Waals surface area (Å²) in [5.74, 6) is -0.0281. The predicted octanol–water partition coefficient (Wildman–Crippen LogP) is 2.25. The molecule has 1 unspecified atom stereocenters. The van der Waals surface area contributed by atoms with Crippen LogP contribution in [-0.4, -0.2) is 45.1 Å². The molecule has 22 heavy (non-hydrogen) atoms. The number of likely N-dealkylation sites (tertiary alicyclic amines) is 1. The highest BCUT2D eigenvalue weighted by Crippen LogP contribution is 2.21. The molecule has 1 fully saturated rings. The fourth-order valence-corrected chi connectivity index (χ4v) is 3.01. The van der Waals surface area contributed by atoms with Crippen LogP contribution in [0.15, 0.2) is 24.5 Å². The lowest BCUT2D eigenvalue weighted by molar-refractivity contribution is 0.0933. The van der Waals surface area contributed by atoms with E-state index in [0.29, 0.717) is 5.56 Å². The third-order valence-electron chi connectivity index (χ3n) is 4.38. The van der Waals surface area contributed by atoms with Gasteiger partial charge >= 0.3 is 0 Å². The number of fused-ring (bicyclic) bond motifs is 1. The van der Waals surface area contributed by atoms with Gasteiger partial charge in [0.2, 0.25) is 0 Å². The number of rotatable bonds is 2. The fraction of sp³-hybridized carbons (Fsp3) is 0.529. The van der Waals surface area contributed by atoms with Crippen LogP contribution in [0.4, 0.5) is 0 Å². The molecule has 0 saturated carbocycles. The number of carbonyl (C=O) groups excluding carboxylic acids is 1. The Balaban J connectivity index is 1.72. The molecule has 5 nitrogen and oxygen atoms in total. The lowest BCUT2D eigenvalue weighted by Crippen LogP contribution is -2.43. The molecule has 0 aliphatic carbocycles. The molecular formula is C17H24N4O. The zero-order valence-electron chi connectivity index (χ0n) is 13.8. The number of aromatic nitrogens is 2. The predicted molar refractivity (Wildman–Crippen MR) is 87.1 cm³/mol. The van der Waals surface area contributed by atoms with Gasteiger partial charge in [-0.2, -0.15) is 5.10 Å². The van der Waals surface area contributed by atoms with E-state index in [1.54, 1.807) is 10.7 Å². The van der Waals surface area contributed by atoms with Gasteiger partial charge in [-0.15, -0.1) is 0 Å². The van der Waals surface area contributed by atoms with Crippen LogP contribution in [-0.2, 0) is 0 Å². The van der Waals surface area contributed by atoms with E-state index in [0.717, 1.165) is 30.6 Å². The number of nitrogens with zero attached hydrogens (tertiary/aromatic N) is 3. The largest absolute Gasteiger partial charge is 0.348 e. The van der Waals surface area contributed by atoms with Crippen molar-refractivity contribution in [2.45, 2.75) is 45.7 Å². The van der Waals surface area contributed by atoms with Gasteiger partial charge in [0.25, 0.3) is 5.91 Å². The first kappa shape index (κ1) is 15.0. The minimum Gasteiger partial charge on any atom is -0.348 e. The lowest BCUT2D eigenvalue weighted by atomic mass is 10.1. The van der Waals surface area contributed by atoms with Crippen molar-refractivity contribution in [3.05, 3.63) is 35.7 Å². The van der Waals surface area contributed by atoms with Crippen LogP contribution in [0, 0.1) is 6.92 Å². The van der Waals surface area contributed by atoms with Crippen LogP contribution < -0.4 is 5.32 Å². The topological polar surface area (TPSA) is 49.6 Å². The number of amides is 1. The minimum atomic E-state index is -0.0281. The van der Waals surface area contributed by atoms with E-state index >= 15 is 0 Å². The molecule has 0 aromatic carbocycles. The fourth-order valence-electron chi connectivity index (χ4n) is 3.01. The Morgan fingerprint density at radius 1 is 1.36 bits per heavy atom. The van der Waals surface area contributed by atoms with Gasteiger partial charge < -0.3 is 5.32 Å². The maximum absolute atomic E-state index is 12.5. The zero-order valence-corrected chi connectivity index (χ0v) is 13.8. The summed E-state index contributed by atoms with van der Waals surface area (Å²) in [6.07, 6.45) is 4.59. The first-order valence-electron chi connectivity index (χ1n) is 7.84. The van der Waals surface area contributed by atoms with Gasteiger partial charge in [0.1, 0.15) is 0 Å². The highest BCUT2D eigenvalue weighted by atomic mass is 16.1. The Bertz CT molecular complexity index is 698. The molecule has 0 bridgehead atoms. The Morgan fingerprint density at radius 2 is 2.14 bits per heavy atom. The molecule has 1 aliphatic heterocycles. The number of carbonyl (C=O) groups is 1. The summed E-state index contributed by atoms with van der Waals surface area (Å²) < 4.78 is 1.76. The van der Waals surface area contributed by atoms with Gasteiger partial charge in [-0.3, -0.25) is 9.69 Å². The number of hydrogen-bond acceptors (Lipinski definition) is 3. The molecule has 3 rings (SSSR count). The molecular weight excluding hydrogens is 276 g/mol. The van der Waals surface area contributed by atoms with Gasteiger partial charge in [0.05, 0.1) is 17.3 Å². The van der Waals surface area contributed by atoms with Crippen molar-refractivity contribution in [2.75, 3.05) is 13.1 Å². The van der Waals surface area contributed by atoms with Crippen LogP contribution in [0.5, 0.6) is 0 Å². The van der Waals surface area contributed by atoms with Crippen molar-refractivity contribution in [3.8, 4) is 0 Å². The van der Waals surface area contributed by atoms with Gasteiger partial charge in [0, 0.05) is 30.9 Å². The van der Waals surface area contributed by atoms with E-state index in [2.05, 4.69) is 36.1 Å². The molecule has 118 valence electrons. The van der Waals surface area contributed by atoms with Crippen molar-refractivity contribution in [2.24, 2.45) is 0 Å². The summed E-state index contributed by atoms with van der Waals surface area (Å²) >= 11 is 0. The van der Waals surface area contributed by atoms with Gasteiger partial charge in [-0.1, -0.05) is 6.07 Å². The van der Waals surface area contributed by atoms with E-state index in [4.69, 9.17) is 0 Å². The second kappa shape index (κ2) is 5.39. The number of nitrogens with one attached hydrogen (secondary N) is 1. The van der Waals surface area contributed by atoms with Crippen LogP contribution in [0.3, 0.4) is 0 Å². The van der Waals surface area contributed by atoms with Crippen molar-refractivity contribution in [1.82, 2.24) is 19.8 Å². The maximum Gasteiger partial charge on any atom is 0.255 e. The van der Waals surface area contributed by atoms with Crippen molar-refractivity contribution in [3.63, 3.8) is 0 Å². The second-order valence-corrected chi connectivity index (χ2v) is 7.17. The summed E-state index contributed by atoms with van der Waals surface area (Å²) in [5, 5.41) is 7.43. The SMILES string of the molecule is Cc1ccc2c(C(=O)NC3CCN(C(C)(C)C)C3)cnn2c1. The number of pyridine rings is 1. The highest BCUT2D eigenvalue weighted by molar-refractivity contribution is 6.00. The van der Waals surface area contributed by atoms with Gasteiger partial charge in [-0.05, 0) is 45.7 Å². The molecule has 0 spiro atoms. The molecule has 1 atom stereocenters. The Morgan fingerprint density at radius 3 is 2.82 bits per heavy atom. The van der Waals surface area contributed by atoms with Crippen LogP contribution in [0.25, 0.3) is 5.52 Å². The Kier molecular flexibility index (Phi) is 3.68. The summed E-state index contributed by atoms with van der Waals surface area (Å²) in [5.41, 5.74) is 2.78. The first-order chi connectivity index (χ1) is 10.3. The minimum absolute atomic E-state index is 0.0281. The lowest BCUT2D eigenvalue weighted by Gasteiger charge is -2.31. The third kappa shape index (κ3) is 2.86.